The molecule has 0 bridgehead atoms. The average Bonchev–Trinajstić information content (AvgIpc) is 3.32. The molecule has 7 nitrogen and oxygen atoms in total. The van der Waals surface area contributed by atoms with Crippen LogP contribution < -0.4 is 8.92 Å². The number of nitrogens with zero attached hydrogens (tertiary/aromatic N) is 1. The summed E-state index contributed by atoms with van der Waals surface area (Å²) >= 11 is 0. The third-order valence-electron chi connectivity index (χ3n) is 4.86. The number of benzene rings is 2. The van der Waals surface area contributed by atoms with Crippen molar-refractivity contribution >= 4 is 16.0 Å². The maximum Gasteiger partial charge on any atom is 0.416 e. The van der Waals surface area contributed by atoms with E-state index in [0.29, 0.717) is 18.2 Å². The zero-order valence-corrected chi connectivity index (χ0v) is 20.0. The van der Waals surface area contributed by atoms with Gasteiger partial charge in [0.2, 0.25) is 0 Å². The molecule has 0 fully saturated rings. The molecule has 1 amide bonds. The number of furan rings is 1. The number of carbonyl (C=O) groups excluding carboxylic acids is 1. The van der Waals surface area contributed by atoms with Gasteiger partial charge in [0.25, 0.3) is 5.91 Å². The first-order valence-corrected chi connectivity index (χ1v) is 11.9. The van der Waals surface area contributed by atoms with Gasteiger partial charge in [0.05, 0.1) is 18.9 Å². The van der Waals surface area contributed by atoms with Gasteiger partial charge in [0.1, 0.15) is 4.90 Å². The van der Waals surface area contributed by atoms with Crippen LogP contribution in [0, 0.1) is 5.92 Å². The van der Waals surface area contributed by atoms with Gasteiger partial charge in [0, 0.05) is 13.1 Å². The van der Waals surface area contributed by atoms with Gasteiger partial charge in [0.15, 0.2) is 17.3 Å². The third kappa shape index (κ3) is 6.56. The maximum atomic E-state index is 13.0. The van der Waals surface area contributed by atoms with Crippen molar-refractivity contribution < 1.29 is 39.7 Å². The van der Waals surface area contributed by atoms with Crippen molar-refractivity contribution in [1.82, 2.24) is 4.90 Å². The number of hydrogen-bond acceptors (Lipinski definition) is 6. The fraction of sp³-hybridized carbons (Fsp3) is 0.292. The normalized spacial score (nSPS) is 12.0. The second-order valence-electron chi connectivity index (χ2n) is 8.11. The van der Waals surface area contributed by atoms with Crippen LogP contribution in [0.2, 0.25) is 0 Å². The second-order valence-corrected chi connectivity index (χ2v) is 9.65. The average molecular weight is 512 g/mol. The summed E-state index contributed by atoms with van der Waals surface area (Å²) in [5.74, 6) is -0.236. The predicted octanol–water partition coefficient (Wildman–Crippen LogP) is 5.37. The van der Waals surface area contributed by atoms with E-state index in [1.807, 2.05) is 13.8 Å². The minimum atomic E-state index is -4.72. The Morgan fingerprint density at radius 3 is 2.40 bits per heavy atom. The molecule has 0 aliphatic carbocycles. The number of carbonyl (C=O) groups is 1. The van der Waals surface area contributed by atoms with Crippen LogP contribution in [0.4, 0.5) is 13.2 Å². The van der Waals surface area contributed by atoms with Gasteiger partial charge in [-0.05, 0) is 53.9 Å². The number of hydrogen-bond donors (Lipinski definition) is 0. The lowest BCUT2D eigenvalue weighted by atomic mass is 10.1. The summed E-state index contributed by atoms with van der Waals surface area (Å²) in [5.41, 5.74) is -0.607. The molecule has 0 radical (unpaired) electrons. The number of ether oxygens (including phenoxy) is 1. The molecule has 2 aromatic carbocycles. The van der Waals surface area contributed by atoms with Crippen molar-refractivity contribution in [2.45, 2.75) is 31.5 Å². The fourth-order valence-corrected chi connectivity index (χ4v) is 4.29. The summed E-state index contributed by atoms with van der Waals surface area (Å²) in [6.07, 6.45) is -3.33. The molecule has 0 aliphatic heterocycles. The highest BCUT2D eigenvalue weighted by Gasteiger charge is 2.32. The summed E-state index contributed by atoms with van der Waals surface area (Å²) in [5, 5.41) is 0. The molecular formula is C24H24F3NO6S. The lowest BCUT2D eigenvalue weighted by Crippen LogP contribution is -2.33. The Bertz CT molecular complexity index is 1270. The van der Waals surface area contributed by atoms with E-state index in [9.17, 15) is 26.4 Å². The molecule has 0 unspecified atom stereocenters. The largest absolute Gasteiger partial charge is 0.493 e. The van der Waals surface area contributed by atoms with E-state index < -0.39 is 26.8 Å². The molecular weight excluding hydrogens is 487 g/mol. The summed E-state index contributed by atoms with van der Waals surface area (Å²) in [6, 6.07) is 10.8. The molecule has 0 aliphatic rings. The molecule has 0 saturated carbocycles. The molecule has 0 N–H and O–H groups in total. The van der Waals surface area contributed by atoms with E-state index in [1.54, 1.807) is 18.2 Å². The molecule has 0 atom stereocenters. The molecule has 11 heteroatoms. The van der Waals surface area contributed by atoms with E-state index in [4.69, 9.17) is 13.3 Å². The first-order valence-electron chi connectivity index (χ1n) is 10.5. The first kappa shape index (κ1) is 26.1. The second kappa shape index (κ2) is 10.4. The first-order chi connectivity index (χ1) is 16.4. The highest BCUT2D eigenvalue weighted by atomic mass is 32.2. The van der Waals surface area contributed by atoms with Crippen LogP contribution in [0.15, 0.2) is 70.2 Å². The molecule has 0 spiro atoms. The minimum absolute atomic E-state index is 0.0528. The zero-order chi connectivity index (χ0) is 25.8. The smallest absolute Gasteiger partial charge is 0.416 e. The third-order valence-corrected chi connectivity index (χ3v) is 6.09. The fourth-order valence-electron chi connectivity index (χ4n) is 3.32. The van der Waals surface area contributed by atoms with Gasteiger partial charge < -0.3 is 18.2 Å². The van der Waals surface area contributed by atoms with Crippen LogP contribution >= 0.6 is 0 Å². The lowest BCUT2D eigenvalue weighted by Gasteiger charge is -2.24. The molecule has 3 rings (SSSR count). The minimum Gasteiger partial charge on any atom is -0.493 e. The maximum absolute atomic E-state index is 13.0. The Labute approximate surface area is 201 Å². The Morgan fingerprint density at radius 1 is 1.06 bits per heavy atom. The Balaban J connectivity index is 1.91. The van der Waals surface area contributed by atoms with E-state index >= 15 is 0 Å². The highest BCUT2D eigenvalue weighted by Crippen LogP contribution is 2.34. The highest BCUT2D eigenvalue weighted by molar-refractivity contribution is 7.87. The Kier molecular flexibility index (Phi) is 7.79. The molecule has 1 aromatic heterocycles. The van der Waals surface area contributed by atoms with E-state index in [2.05, 4.69) is 0 Å². The number of methoxy groups -OCH3 is 1. The SMILES string of the molecule is COc1ccc(CN(CC(C)C)C(=O)c2ccco2)cc1OS(=O)(=O)c1cccc(C(F)(F)F)c1. The Morgan fingerprint density at radius 2 is 1.80 bits per heavy atom. The number of amides is 1. The van der Waals surface area contributed by atoms with E-state index in [0.717, 1.165) is 18.2 Å². The van der Waals surface area contributed by atoms with E-state index in [-0.39, 0.29) is 35.6 Å². The van der Waals surface area contributed by atoms with Crippen LogP contribution in [0.5, 0.6) is 11.5 Å². The summed E-state index contributed by atoms with van der Waals surface area (Å²) in [7, 11) is -3.32. The van der Waals surface area contributed by atoms with Crippen LogP contribution in [-0.4, -0.2) is 32.9 Å². The van der Waals surface area contributed by atoms with Crippen molar-refractivity contribution in [3.8, 4) is 11.5 Å². The zero-order valence-electron chi connectivity index (χ0n) is 19.2. The molecule has 3 aromatic rings. The summed E-state index contributed by atoms with van der Waals surface area (Å²) < 4.78 is 80.2. The number of rotatable bonds is 9. The van der Waals surface area contributed by atoms with Gasteiger partial charge in [-0.15, -0.1) is 0 Å². The van der Waals surface area contributed by atoms with Crippen LogP contribution in [0.3, 0.4) is 0 Å². The molecule has 35 heavy (non-hydrogen) atoms. The van der Waals surface area contributed by atoms with Gasteiger partial charge in [-0.1, -0.05) is 26.0 Å². The molecule has 1 heterocycles. The number of alkyl halides is 3. The van der Waals surface area contributed by atoms with Crippen LogP contribution in [0.1, 0.15) is 35.5 Å². The topological polar surface area (TPSA) is 86.0 Å². The van der Waals surface area contributed by atoms with Crippen molar-refractivity contribution in [1.29, 1.82) is 0 Å². The molecule has 188 valence electrons. The lowest BCUT2D eigenvalue weighted by molar-refractivity contribution is -0.137. The van der Waals surface area contributed by atoms with Crippen molar-refractivity contribution in [2.75, 3.05) is 13.7 Å². The Hall–Kier alpha value is -3.47. The van der Waals surface area contributed by atoms with Gasteiger partial charge in [-0.2, -0.15) is 21.6 Å². The monoisotopic (exact) mass is 511 g/mol. The van der Waals surface area contributed by atoms with Gasteiger partial charge >= 0.3 is 16.3 Å². The molecule has 0 saturated heterocycles. The predicted molar refractivity (Wildman–Crippen MR) is 121 cm³/mol. The van der Waals surface area contributed by atoms with Crippen molar-refractivity contribution in [3.63, 3.8) is 0 Å². The van der Waals surface area contributed by atoms with Crippen molar-refractivity contribution in [3.05, 3.63) is 77.7 Å². The summed E-state index contributed by atoms with van der Waals surface area (Å²) in [4.78, 5) is 13.7. The van der Waals surface area contributed by atoms with Gasteiger partial charge in [-0.3, -0.25) is 4.79 Å². The van der Waals surface area contributed by atoms with Crippen molar-refractivity contribution in [2.24, 2.45) is 5.92 Å². The van der Waals surface area contributed by atoms with Gasteiger partial charge in [-0.25, -0.2) is 0 Å². The van der Waals surface area contributed by atoms with Crippen LogP contribution in [-0.2, 0) is 22.8 Å². The standard InChI is InChI=1S/C24H24F3NO6S/c1-16(2)14-28(23(29)21-8-5-11-33-21)15-17-9-10-20(32-3)22(12-17)34-35(30,31)19-7-4-6-18(13-19)24(25,26)27/h4-13,16H,14-15H2,1-3H3. The quantitative estimate of drug-likeness (QED) is 0.359. The summed E-state index contributed by atoms with van der Waals surface area (Å²) in [6.45, 7) is 4.37. The van der Waals surface area contributed by atoms with Crippen LogP contribution in [0.25, 0.3) is 0 Å². The van der Waals surface area contributed by atoms with E-state index in [1.165, 1.54) is 30.4 Å². The number of halogens is 3.